The van der Waals surface area contributed by atoms with E-state index in [4.69, 9.17) is 0 Å². The van der Waals surface area contributed by atoms with Crippen molar-refractivity contribution in [3.63, 3.8) is 0 Å². The van der Waals surface area contributed by atoms with Gasteiger partial charge in [-0.1, -0.05) is 23.9 Å². The molecular weight excluding hydrogens is 252 g/mol. The first-order valence-electron chi connectivity index (χ1n) is 5.55. The number of nitrogens with one attached hydrogen (secondary N) is 1. The van der Waals surface area contributed by atoms with Gasteiger partial charge in [0.15, 0.2) is 0 Å². The van der Waals surface area contributed by atoms with Crippen molar-refractivity contribution in [1.82, 2.24) is 5.32 Å². The van der Waals surface area contributed by atoms with Gasteiger partial charge in [-0.3, -0.25) is 0 Å². The van der Waals surface area contributed by atoms with E-state index < -0.39 is 11.6 Å². The van der Waals surface area contributed by atoms with Crippen LogP contribution in [-0.4, -0.2) is 7.05 Å². The van der Waals surface area contributed by atoms with E-state index in [2.05, 4.69) is 5.32 Å². The first kappa shape index (κ1) is 13.1. The highest BCUT2D eigenvalue weighted by atomic mass is 32.2. The quantitative estimate of drug-likeness (QED) is 0.901. The van der Waals surface area contributed by atoms with Crippen molar-refractivity contribution in [3.05, 3.63) is 59.7 Å². The van der Waals surface area contributed by atoms with Crippen molar-refractivity contribution < 1.29 is 8.78 Å². The maximum Gasteiger partial charge on any atom is 0.140 e. The largest absolute Gasteiger partial charge is 0.316 e. The SMILES string of the molecule is CNCc1ccc(Sc2ccc(F)cc2F)cc1. The first-order chi connectivity index (χ1) is 8.69. The van der Waals surface area contributed by atoms with Crippen LogP contribution in [-0.2, 0) is 6.54 Å². The molecule has 1 nitrogen and oxygen atoms in total. The van der Waals surface area contributed by atoms with E-state index in [0.29, 0.717) is 4.90 Å². The standard InChI is InChI=1S/C14H13F2NS/c1-17-9-10-2-5-12(6-3-10)18-14-7-4-11(15)8-13(14)16/h2-8,17H,9H2,1H3. The topological polar surface area (TPSA) is 12.0 Å². The molecule has 0 spiro atoms. The first-order valence-corrected chi connectivity index (χ1v) is 6.37. The van der Waals surface area contributed by atoms with Crippen molar-refractivity contribution in [2.75, 3.05) is 7.05 Å². The maximum absolute atomic E-state index is 13.5. The molecule has 0 bridgehead atoms. The van der Waals surface area contributed by atoms with E-state index in [9.17, 15) is 8.78 Å². The molecule has 1 N–H and O–H groups in total. The number of rotatable bonds is 4. The van der Waals surface area contributed by atoms with Gasteiger partial charge in [0.2, 0.25) is 0 Å². The normalized spacial score (nSPS) is 10.6. The van der Waals surface area contributed by atoms with Gasteiger partial charge in [0, 0.05) is 22.4 Å². The van der Waals surface area contributed by atoms with Gasteiger partial charge in [-0.15, -0.1) is 0 Å². The fourth-order valence-electron chi connectivity index (χ4n) is 1.56. The molecule has 2 rings (SSSR count). The fourth-order valence-corrected chi connectivity index (χ4v) is 2.38. The van der Waals surface area contributed by atoms with Gasteiger partial charge >= 0.3 is 0 Å². The van der Waals surface area contributed by atoms with Gasteiger partial charge in [0.1, 0.15) is 11.6 Å². The third-order valence-electron chi connectivity index (χ3n) is 2.43. The van der Waals surface area contributed by atoms with Gasteiger partial charge in [0.25, 0.3) is 0 Å². The predicted octanol–water partition coefficient (Wildman–Crippen LogP) is 3.84. The predicted molar refractivity (Wildman–Crippen MR) is 69.7 cm³/mol. The van der Waals surface area contributed by atoms with Crippen molar-refractivity contribution >= 4 is 11.8 Å². The summed E-state index contributed by atoms with van der Waals surface area (Å²) >= 11 is 1.29. The van der Waals surface area contributed by atoms with Crippen LogP contribution in [0.5, 0.6) is 0 Å². The molecule has 2 aromatic rings. The molecule has 0 aliphatic rings. The maximum atomic E-state index is 13.5. The Kier molecular flexibility index (Phi) is 4.33. The van der Waals surface area contributed by atoms with E-state index in [1.165, 1.54) is 29.5 Å². The summed E-state index contributed by atoms with van der Waals surface area (Å²) in [6.45, 7) is 0.801. The van der Waals surface area contributed by atoms with Crippen LogP contribution in [0, 0.1) is 11.6 Å². The van der Waals surface area contributed by atoms with E-state index in [1.807, 2.05) is 31.3 Å². The van der Waals surface area contributed by atoms with Crippen LogP contribution >= 0.6 is 11.8 Å². The monoisotopic (exact) mass is 265 g/mol. The number of hydrogen-bond acceptors (Lipinski definition) is 2. The van der Waals surface area contributed by atoms with Crippen LogP contribution in [0.15, 0.2) is 52.3 Å². The summed E-state index contributed by atoms with van der Waals surface area (Å²) in [5.41, 5.74) is 1.17. The second-order valence-electron chi connectivity index (χ2n) is 3.85. The Morgan fingerprint density at radius 3 is 2.39 bits per heavy atom. The van der Waals surface area contributed by atoms with Crippen LogP contribution in [0.25, 0.3) is 0 Å². The van der Waals surface area contributed by atoms with E-state index in [0.717, 1.165) is 17.5 Å². The molecule has 0 aliphatic carbocycles. The summed E-state index contributed by atoms with van der Waals surface area (Å²) in [6.07, 6.45) is 0. The Labute approximate surface area is 109 Å². The Bertz CT molecular complexity index is 526. The fraction of sp³-hybridized carbons (Fsp3) is 0.143. The van der Waals surface area contributed by atoms with Crippen LogP contribution < -0.4 is 5.32 Å². The van der Waals surface area contributed by atoms with Gasteiger partial charge in [-0.2, -0.15) is 0 Å². The summed E-state index contributed by atoms with van der Waals surface area (Å²) in [5, 5.41) is 3.06. The highest BCUT2D eigenvalue weighted by Gasteiger charge is 2.05. The molecule has 0 saturated heterocycles. The number of halogens is 2. The van der Waals surface area contributed by atoms with Gasteiger partial charge < -0.3 is 5.32 Å². The van der Waals surface area contributed by atoms with Crippen LogP contribution in [0.1, 0.15) is 5.56 Å². The highest BCUT2D eigenvalue weighted by molar-refractivity contribution is 7.99. The summed E-state index contributed by atoms with van der Waals surface area (Å²) in [6, 6.07) is 11.5. The van der Waals surface area contributed by atoms with E-state index in [-0.39, 0.29) is 0 Å². The molecule has 0 amide bonds. The van der Waals surface area contributed by atoms with Crippen molar-refractivity contribution in [2.45, 2.75) is 16.3 Å². The molecule has 0 atom stereocenters. The lowest BCUT2D eigenvalue weighted by Gasteiger charge is -2.05. The van der Waals surface area contributed by atoms with Crippen LogP contribution in [0.4, 0.5) is 8.78 Å². The molecule has 94 valence electrons. The lowest BCUT2D eigenvalue weighted by Crippen LogP contribution is -2.04. The molecule has 18 heavy (non-hydrogen) atoms. The molecule has 0 radical (unpaired) electrons. The lowest BCUT2D eigenvalue weighted by molar-refractivity contribution is 0.565. The second kappa shape index (κ2) is 5.98. The smallest absolute Gasteiger partial charge is 0.140 e. The van der Waals surface area contributed by atoms with Gasteiger partial charge in [-0.05, 0) is 36.9 Å². The average molecular weight is 265 g/mol. The summed E-state index contributed by atoms with van der Waals surface area (Å²) in [5.74, 6) is -1.08. The average Bonchev–Trinajstić information content (AvgIpc) is 2.35. The Hall–Kier alpha value is -1.39. The third kappa shape index (κ3) is 3.31. The van der Waals surface area contributed by atoms with Crippen LogP contribution in [0.3, 0.4) is 0 Å². The number of hydrogen-bond donors (Lipinski definition) is 1. The molecule has 0 heterocycles. The minimum Gasteiger partial charge on any atom is -0.316 e. The summed E-state index contributed by atoms with van der Waals surface area (Å²) in [7, 11) is 1.89. The van der Waals surface area contributed by atoms with Crippen molar-refractivity contribution in [2.24, 2.45) is 0 Å². The molecule has 4 heteroatoms. The van der Waals surface area contributed by atoms with Gasteiger partial charge in [-0.25, -0.2) is 8.78 Å². The Morgan fingerprint density at radius 2 is 1.78 bits per heavy atom. The zero-order valence-corrected chi connectivity index (χ0v) is 10.7. The molecule has 0 aromatic heterocycles. The summed E-state index contributed by atoms with van der Waals surface area (Å²) < 4.78 is 26.2. The third-order valence-corrected chi connectivity index (χ3v) is 3.48. The lowest BCUT2D eigenvalue weighted by atomic mass is 10.2. The zero-order valence-electron chi connectivity index (χ0n) is 9.91. The molecule has 2 aromatic carbocycles. The molecule has 0 saturated carbocycles. The van der Waals surface area contributed by atoms with Gasteiger partial charge in [0.05, 0.1) is 0 Å². The van der Waals surface area contributed by atoms with E-state index in [1.54, 1.807) is 0 Å². The van der Waals surface area contributed by atoms with Crippen molar-refractivity contribution in [1.29, 1.82) is 0 Å². The Balaban J connectivity index is 2.13. The zero-order chi connectivity index (χ0) is 13.0. The molecule has 0 aliphatic heterocycles. The van der Waals surface area contributed by atoms with E-state index >= 15 is 0 Å². The minimum atomic E-state index is -0.554. The summed E-state index contributed by atoms with van der Waals surface area (Å²) in [4.78, 5) is 1.36. The number of benzene rings is 2. The minimum absolute atomic E-state index is 0.428. The second-order valence-corrected chi connectivity index (χ2v) is 4.97. The molecule has 0 fully saturated rings. The molecular formula is C14H13F2NS. The Morgan fingerprint density at radius 1 is 1.06 bits per heavy atom. The van der Waals surface area contributed by atoms with Crippen molar-refractivity contribution in [3.8, 4) is 0 Å². The van der Waals surface area contributed by atoms with Crippen LogP contribution in [0.2, 0.25) is 0 Å². The molecule has 0 unspecified atom stereocenters. The highest BCUT2D eigenvalue weighted by Crippen LogP contribution is 2.30.